The molecule has 21 heavy (non-hydrogen) atoms. The number of amides is 1. The maximum absolute atomic E-state index is 11.9. The topological polar surface area (TPSA) is 120 Å². The number of carbonyl (C=O) groups is 2. The summed E-state index contributed by atoms with van der Waals surface area (Å²) >= 11 is 0. The number of carbonyl (C=O) groups excluding carboxylic acids is 2. The van der Waals surface area contributed by atoms with E-state index in [0.29, 0.717) is 0 Å². The Kier molecular flexibility index (Phi) is 6.50. The quantitative estimate of drug-likeness (QED) is 0.567. The molecule has 1 unspecified atom stereocenters. The first-order chi connectivity index (χ1) is 10.0. The summed E-state index contributed by atoms with van der Waals surface area (Å²) in [7, 11) is 2.62. The van der Waals surface area contributed by atoms with E-state index in [0.717, 1.165) is 11.8 Å². The Balaban J connectivity index is 2.87. The number of ether oxygens (including phenoxy) is 2. The number of aromatic nitrogens is 2. The average molecular weight is 299 g/mol. The monoisotopic (exact) mass is 299 g/mol. The van der Waals surface area contributed by atoms with Gasteiger partial charge in [-0.05, 0) is 6.07 Å². The Hall–Kier alpha value is -2.26. The number of aliphatic hydroxyl groups excluding tert-OH is 1. The molecule has 9 nitrogen and oxygen atoms in total. The fourth-order valence-corrected chi connectivity index (χ4v) is 1.46. The van der Waals surface area contributed by atoms with Crippen LogP contribution in [-0.4, -0.2) is 60.2 Å². The number of nitrogens with one attached hydrogen (secondary N) is 1. The summed E-state index contributed by atoms with van der Waals surface area (Å²) in [5, 5.41) is 15.2. The zero-order valence-corrected chi connectivity index (χ0v) is 11.7. The van der Waals surface area contributed by atoms with Gasteiger partial charge in [0.1, 0.15) is 5.69 Å². The van der Waals surface area contributed by atoms with Crippen molar-refractivity contribution >= 4 is 11.9 Å². The molecule has 1 heterocycles. The molecule has 0 saturated heterocycles. The maximum Gasteiger partial charge on any atom is 0.330 e. The maximum atomic E-state index is 11.9. The minimum atomic E-state index is -1.19. The molecule has 0 aliphatic heterocycles. The first-order valence-corrected chi connectivity index (χ1v) is 6.10. The number of hydrogen-bond donors (Lipinski definition) is 2. The van der Waals surface area contributed by atoms with E-state index in [1.165, 1.54) is 19.2 Å². The summed E-state index contributed by atoms with van der Waals surface area (Å²) in [6.45, 7) is -0.155. The third-order valence-electron chi connectivity index (χ3n) is 2.58. The summed E-state index contributed by atoms with van der Waals surface area (Å²) in [6, 6.07) is 1.22. The molecule has 1 atom stereocenters. The van der Waals surface area contributed by atoms with E-state index < -0.39 is 24.5 Å². The van der Waals surface area contributed by atoms with Crippen molar-refractivity contribution in [2.45, 2.75) is 12.6 Å². The molecule has 1 amide bonds. The second kappa shape index (κ2) is 8.12. The molecule has 0 aromatic carbocycles. The van der Waals surface area contributed by atoms with E-state index in [2.05, 4.69) is 15.2 Å². The number of methoxy groups -OCH3 is 2. The van der Waals surface area contributed by atoms with Crippen LogP contribution in [0, 0.1) is 0 Å². The van der Waals surface area contributed by atoms with E-state index in [-0.39, 0.29) is 24.4 Å². The molecule has 0 aliphatic carbocycles. The fraction of sp³-hybridized carbons (Fsp3) is 0.500. The number of nitrogens with zero attached hydrogens (tertiary/aromatic N) is 2. The van der Waals surface area contributed by atoms with Gasteiger partial charge in [0.05, 0.1) is 26.9 Å². The van der Waals surface area contributed by atoms with Crippen molar-refractivity contribution in [3.63, 3.8) is 0 Å². The molecule has 0 radical (unpaired) electrons. The molecule has 0 aliphatic rings. The van der Waals surface area contributed by atoms with Gasteiger partial charge in [-0.2, -0.15) is 5.10 Å². The lowest BCUT2D eigenvalue weighted by molar-refractivity contribution is -0.143. The minimum absolute atomic E-state index is 0.0620. The van der Waals surface area contributed by atoms with Crippen molar-refractivity contribution in [1.82, 2.24) is 15.1 Å². The van der Waals surface area contributed by atoms with Gasteiger partial charge < -0.3 is 19.9 Å². The molecule has 1 rings (SSSR count). The van der Waals surface area contributed by atoms with Crippen LogP contribution in [0.15, 0.2) is 16.9 Å². The van der Waals surface area contributed by atoms with Gasteiger partial charge >= 0.3 is 5.97 Å². The van der Waals surface area contributed by atoms with Gasteiger partial charge in [0.15, 0.2) is 6.04 Å². The first kappa shape index (κ1) is 16.8. The molecule has 9 heteroatoms. The average Bonchev–Trinajstić information content (AvgIpc) is 2.50. The van der Waals surface area contributed by atoms with Gasteiger partial charge in [0, 0.05) is 13.2 Å². The van der Waals surface area contributed by atoms with Crippen molar-refractivity contribution in [1.29, 1.82) is 0 Å². The van der Waals surface area contributed by atoms with Crippen LogP contribution in [-0.2, 0) is 20.8 Å². The highest BCUT2D eigenvalue weighted by Gasteiger charge is 2.22. The smallest absolute Gasteiger partial charge is 0.330 e. The lowest BCUT2D eigenvalue weighted by atomic mass is 10.3. The Morgan fingerprint density at radius 3 is 2.71 bits per heavy atom. The molecule has 2 N–H and O–H groups in total. The lowest BCUT2D eigenvalue weighted by Gasteiger charge is -2.13. The fourth-order valence-electron chi connectivity index (χ4n) is 1.46. The second-order valence-electron chi connectivity index (χ2n) is 4.00. The van der Waals surface area contributed by atoms with Gasteiger partial charge in [-0.1, -0.05) is 0 Å². The number of aliphatic hydroxyl groups is 1. The van der Waals surface area contributed by atoms with Gasteiger partial charge in [-0.3, -0.25) is 9.59 Å². The zero-order valence-electron chi connectivity index (χ0n) is 11.7. The normalized spacial score (nSPS) is 11.8. The summed E-state index contributed by atoms with van der Waals surface area (Å²) in [4.78, 5) is 34.7. The summed E-state index contributed by atoms with van der Waals surface area (Å²) in [5.41, 5.74) is -0.441. The molecule has 0 bridgehead atoms. The molecule has 1 aromatic heterocycles. The van der Waals surface area contributed by atoms with E-state index in [1.807, 2.05) is 0 Å². The van der Waals surface area contributed by atoms with Gasteiger partial charge in [0.2, 0.25) is 0 Å². The van der Waals surface area contributed by atoms with Crippen LogP contribution >= 0.6 is 0 Å². The summed E-state index contributed by atoms with van der Waals surface area (Å²) in [6.07, 6.45) is 0. The highest BCUT2D eigenvalue weighted by atomic mass is 16.5. The molecule has 0 spiro atoms. The van der Waals surface area contributed by atoms with Crippen LogP contribution in [0.3, 0.4) is 0 Å². The predicted molar refractivity (Wildman–Crippen MR) is 70.7 cm³/mol. The van der Waals surface area contributed by atoms with E-state index in [1.54, 1.807) is 0 Å². The van der Waals surface area contributed by atoms with Crippen molar-refractivity contribution in [3.05, 3.63) is 28.2 Å². The SMILES string of the molecule is COCCn1nc(C(=O)NC(CO)C(=O)OC)ccc1=O. The second-order valence-corrected chi connectivity index (χ2v) is 4.00. The van der Waals surface area contributed by atoms with Gasteiger partial charge in [-0.25, -0.2) is 9.48 Å². The summed E-state index contributed by atoms with van der Waals surface area (Å²) < 4.78 is 10.3. The molecule has 0 saturated carbocycles. The summed E-state index contributed by atoms with van der Waals surface area (Å²) in [5.74, 6) is -1.48. The van der Waals surface area contributed by atoms with Crippen LogP contribution in [0.1, 0.15) is 10.5 Å². The van der Waals surface area contributed by atoms with Crippen molar-refractivity contribution in [2.75, 3.05) is 27.4 Å². The van der Waals surface area contributed by atoms with Gasteiger partial charge in [0.25, 0.3) is 11.5 Å². The largest absolute Gasteiger partial charge is 0.467 e. The molecular weight excluding hydrogens is 282 g/mol. The number of rotatable bonds is 7. The van der Waals surface area contributed by atoms with Crippen LogP contribution in [0.25, 0.3) is 0 Å². The minimum Gasteiger partial charge on any atom is -0.467 e. The standard InChI is InChI=1S/C12H17N3O6/c1-20-6-5-15-10(17)4-3-8(14-15)11(18)13-9(7-16)12(19)21-2/h3-4,9,16H,5-7H2,1-2H3,(H,13,18). The van der Waals surface area contributed by atoms with Crippen LogP contribution in [0.5, 0.6) is 0 Å². The van der Waals surface area contributed by atoms with Crippen molar-refractivity contribution in [3.8, 4) is 0 Å². The zero-order chi connectivity index (χ0) is 15.8. The first-order valence-electron chi connectivity index (χ1n) is 6.10. The number of esters is 1. The Labute approximate surface area is 120 Å². The lowest BCUT2D eigenvalue weighted by Crippen LogP contribution is -2.44. The molecule has 1 aromatic rings. The van der Waals surface area contributed by atoms with E-state index in [4.69, 9.17) is 9.84 Å². The van der Waals surface area contributed by atoms with E-state index in [9.17, 15) is 14.4 Å². The van der Waals surface area contributed by atoms with Gasteiger partial charge in [-0.15, -0.1) is 0 Å². The predicted octanol–water partition coefficient (Wildman–Crippen LogP) is -1.85. The van der Waals surface area contributed by atoms with Crippen LogP contribution in [0.2, 0.25) is 0 Å². The molecule has 0 fully saturated rings. The van der Waals surface area contributed by atoms with Crippen molar-refractivity contribution < 1.29 is 24.2 Å². The van der Waals surface area contributed by atoms with Crippen LogP contribution < -0.4 is 10.9 Å². The molecular formula is C12H17N3O6. The Bertz CT molecular complexity index is 556. The third kappa shape index (κ3) is 4.65. The van der Waals surface area contributed by atoms with E-state index >= 15 is 0 Å². The highest BCUT2D eigenvalue weighted by molar-refractivity contribution is 5.95. The third-order valence-corrected chi connectivity index (χ3v) is 2.58. The number of hydrogen-bond acceptors (Lipinski definition) is 7. The van der Waals surface area contributed by atoms with Crippen LogP contribution in [0.4, 0.5) is 0 Å². The highest BCUT2D eigenvalue weighted by Crippen LogP contribution is 1.95. The molecule has 116 valence electrons. The Morgan fingerprint density at radius 2 is 2.14 bits per heavy atom. The van der Waals surface area contributed by atoms with Crippen molar-refractivity contribution in [2.24, 2.45) is 0 Å². The Morgan fingerprint density at radius 1 is 1.43 bits per heavy atom.